The highest BCUT2D eigenvalue weighted by molar-refractivity contribution is 5.95. The summed E-state index contributed by atoms with van der Waals surface area (Å²) in [5.74, 6) is 0.531. The second-order valence-electron chi connectivity index (χ2n) is 5.69. The predicted octanol–water partition coefficient (Wildman–Crippen LogP) is 3.23. The number of nitrogens with one attached hydrogen (secondary N) is 2. The SMILES string of the molecule is CCN(CC)C(=O)c1ccc(NCC(=O)Nc2cccc(OC)c2)cc1. The summed E-state index contributed by atoms with van der Waals surface area (Å²) in [4.78, 5) is 26.1. The minimum absolute atomic E-state index is 0.0114. The Bertz CT molecular complexity index is 740. The van der Waals surface area contributed by atoms with Gasteiger partial charge >= 0.3 is 0 Å². The molecule has 0 aliphatic heterocycles. The van der Waals surface area contributed by atoms with Crippen LogP contribution in [0.3, 0.4) is 0 Å². The zero-order chi connectivity index (χ0) is 18.9. The van der Waals surface area contributed by atoms with Crippen LogP contribution in [0.5, 0.6) is 5.75 Å². The van der Waals surface area contributed by atoms with E-state index in [9.17, 15) is 9.59 Å². The molecule has 0 spiro atoms. The summed E-state index contributed by atoms with van der Waals surface area (Å²) in [6, 6.07) is 14.3. The van der Waals surface area contributed by atoms with Crippen LogP contribution < -0.4 is 15.4 Å². The van der Waals surface area contributed by atoms with Gasteiger partial charge in [-0.1, -0.05) is 6.07 Å². The number of carbonyl (C=O) groups is 2. The van der Waals surface area contributed by atoms with E-state index in [2.05, 4.69) is 10.6 Å². The Morgan fingerprint density at radius 3 is 2.31 bits per heavy atom. The molecule has 0 atom stereocenters. The van der Waals surface area contributed by atoms with Crippen molar-refractivity contribution in [2.45, 2.75) is 13.8 Å². The van der Waals surface area contributed by atoms with Gasteiger partial charge in [-0.2, -0.15) is 0 Å². The molecule has 138 valence electrons. The first-order chi connectivity index (χ1) is 12.6. The van der Waals surface area contributed by atoms with Crippen molar-refractivity contribution in [2.75, 3.05) is 37.4 Å². The fraction of sp³-hybridized carbons (Fsp3) is 0.300. The van der Waals surface area contributed by atoms with E-state index in [1.165, 1.54) is 0 Å². The lowest BCUT2D eigenvalue weighted by molar-refractivity contribution is -0.114. The lowest BCUT2D eigenvalue weighted by Gasteiger charge is -2.18. The van der Waals surface area contributed by atoms with Crippen LogP contribution >= 0.6 is 0 Å². The normalized spacial score (nSPS) is 10.1. The Morgan fingerprint density at radius 1 is 1.00 bits per heavy atom. The number of hydrogen-bond acceptors (Lipinski definition) is 4. The molecule has 0 saturated heterocycles. The van der Waals surface area contributed by atoms with Crippen molar-refractivity contribution in [1.82, 2.24) is 4.90 Å². The Labute approximate surface area is 154 Å². The number of hydrogen-bond donors (Lipinski definition) is 2. The number of methoxy groups -OCH3 is 1. The third kappa shape index (κ3) is 5.24. The lowest BCUT2D eigenvalue weighted by Crippen LogP contribution is -2.30. The maximum Gasteiger partial charge on any atom is 0.253 e. The zero-order valence-corrected chi connectivity index (χ0v) is 15.4. The highest BCUT2D eigenvalue weighted by atomic mass is 16.5. The van der Waals surface area contributed by atoms with E-state index in [0.717, 1.165) is 5.69 Å². The van der Waals surface area contributed by atoms with Crippen molar-refractivity contribution in [3.05, 3.63) is 54.1 Å². The summed E-state index contributed by atoms with van der Waals surface area (Å²) in [5.41, 5.74) is 2.10. The van der Waals surface area contributed by atoms with E-state index in [1.807, 2.05) is 26.0 Å². The molecule has 0 radical (unpaired) electrons. The Kier molecular flexibility index (Phi) is 7.02. The zero-order valence-electron chi connectivity index (χ0n) is 15.4. The summed E-state index contributed by atoms with van der Waals surface area (Å²) >= 11 is 0. The fourth-order valence-corrected chi connectivity index (χ4v) is 2.51. The van der Waals surface area contributed by atoms with Crippen LogP contribution in [0.15, 0.2) is 48.5 Å². The molecule has 2 N–H and O–H groups in total. The maximum atomic E-state index is 12.3. The van der Waals surface area contributed by atoms with Gasteiger partial charge in [0.05, 0.1) is 13.7 Å². The molecule has 0 bridgehead atoms. The first-order valence-electron chi connectivity index (χ1n) is 8.64. The van der Waals surface area contributed by atoms with Crippen LogP contribution in [0.2, 0.25) is 0 Å². The molecule has 0 aliphatic rings. The molecule has 2 aromatic rings. The molecule has 2 rings (SSSR count). The monoisotopic (exact) mass is 355 g/mol. The highest BCUT2D eigenvalue weighted by Gasteiger charge is 2.12. The predicted molar refractivity (Wildman–Crippen MR) is 104 cm³/mol. The summed E-state index contributed by atoms with van der Waals surface area (Å²) in [7, 11) is 1.58. The van der Waals surface area contributed by atoms with Crippen LogP contribution in [-0.4, -0.2) is 43.5 Å². The van der Waals surface area contributed by atoms with Crippen molar-refractivity contribution < 1.29 is 14.3 Å². The molecule has 2 aromatic carbocycles. The molecule has 6 heteroatoms. The van der Waals surface area contributed by atoms with Crippen LogP contribution in [-0.2, 0) is 4.79 Å². The van der Waals surface area contributed by atoms with E-state index < -0.39 is 0 Å². The molecule has 0 aliphatic carbocycles. The van der Waals surface area contributed by atoms with Crippen molar-refractivity contribution in [3.63, 3.8) is 0 Å². The minimum atomic E-state index is -0.165. The molecule has 2 amide bonds. The van der Waals surface area contributed by atoms with Crippen molar-refractivity contribution in [1.29, 1.82) is 0 Å². The maximum absolute atomic E-state index is 12.3. The first kappa shape index (κ1) is 19.3. The number of anilines is 2. The van der Waals surface area contributed by atoms with Gasteiger partial charge in [-0.3, -0.25) is 9.59 Å². The van der Waals surface area contributed by atoms with Crippen molar-refractivity contribution in [2.24, 2.45) is 0 Å². The molecular weight excluding hydrogens is 330 g/mol. The number of rotatable bonds is 8. The van der Waals surface area contributed by atoms with Crippen LogP contribution in [0.25, 0.3) is 0 Å². The molecule has 0 unspecified atom stereocenters. The Hall–Kier alpha value is -3.02. The average Bonchev–Trinajstić information content (AvgIpc) is 2.67. The third-order valence-corrected chi connectivity index (χ3v) is 3.99. The van der Waals surface area contributed by atoms with E-state index in [1.54, 1.807) is 48.4 Å². The number of nitrogens with zero attached hydrogens (tertiary/aromatic N) is 1. The van der Waals surface area contributed by atoms with Crippen molar-refractivity contribution in [3.8, 4) is 5.75 Å². The molecule has 0 aromatic heterocycles. The molecule has 0 heterocycles. The molecular formula is C20H25N3O3. The molecule has 6 nitrogen and oxygen atoms in total. The first-order valence-corrected chi connectivity index (χ1v) is 8.64. The minimum Gasteiger partial charge on any atom is -0.497 e. The van der Waals surface area contributed by atoms with Gasteiger partial charge < -0.3 is 20.3 Å². The van der Waals surface area contributed by atoms with Gasteiger partial charge in [-0.05, 0) is 50.2 Å². The summed E-state index contributed by atoms with van der Waals surface area (Å²) < 4.78 is 5.13. The smallest absolute Gasteiger partial charge is 0.253 e. The average molecular weight is 355 g/mol. The molecule has 0 saturated carbocycles. The summed E-state index contributed by atoms with van der Waals surface area (Å²) in [5, 5.41) is 5.85. The number of amides is 2. The topological polar surface area (TPSA) is 70.7 Å². The van der Waals surface area contributed by atoms with Crippen molar-refractivity contribution >= 4 is 23.2 Å². The van der Waals surface area contributed by atoms with E-state index in [-0.39, 0.29) is 18.4 Å². The fourth-order valence-electron chi connectivity index (χ4n) is 2.51. The number of benzene rings is 2. The van der Waals surface area contributed by atoms with Crippen LogP contribution in [0.4, 0.5) is 11.4 Å². The number of ether oxygens (including phenoxy) is 1. The largest absolute Gasteiger partial charge is 0.497 e. The standard InChI is InChI=1S/C20H25N3O3/c1-4-23(5-2)20(25)15-9-11-16(12-10-15)21-14-19(24)22-17-7-6-8-18(13-17)26-3/h6-13,21H,4-5,14H2,1-3H3,(H,22,24). The van der Waals surface area contributed by atoms with Gasteiger partial charge in [0, 0.05) is 36.1 Å². The second-order valence-corrected chi connectivity index (χ2v) is 5.69. The van der Waals surface area contributed by atoms with E-state index in [4.69, 9.17) is 4.74 Å². The van der Waals surface area contributed by atoms with Gasteiger partial charge in [0.25, 0.3) is 5.91 Å². The Morgan fingerprint density at radius 2 is 1.69 bits per heavy atom. The summed E-state index contributed by atoms with van der Waals surface area (Å²) in [6.45, 7) is 5.40. The van der Waals surface area contributed by atoms with Gasteiger partial charge in [0.1, 0.15) is 5.75 Å². The van der Waals surface area contributed by atoms with Crippen LogP contribution in [0.1, 0.15) is 24.2 Å². The summed E-state index contributed by atoms with van der Waals surface area (Å²) in [6.07, 6.45) is 0. The van der Waals surface area contributed by atoms with Gasteiger partial charge in [0.2, 0.25) is 5.91 Å². The van der Waals surface area contributed by atoms with Gasteiger partial charge in [0.15, 0.2) is 0 Å². The molecule has 26 heavy (non-hydrogen) atoms. The lowest BCUT2D eigenvalue weighted by atomic mass is 10.1. The van der Waals surface area contributed by atoms with E-state index in [0.29, 0.717) is 30.1 Å². The quantitative estimate of drug-likeness (QED) is 0.763. The molecule has 0 fully saturated rings. The Balaban J connectivity index is 1.89. The number of carbonyl (C=O) groups excluding carboxylic acids is 2. The highest BCUT2D eigenvalue weighted by Crippen LogP contribution is 2.16. The van der Waals surface area contributed by atoms with Crippen LogP contribution in [0, 0.1) is 0 Å². The van der Waals surface area contributed by atoms with Gasteiger partial charge in [-0.25, -0.2) is 0 Å². The third-order valence-electron chi connectivity index (χ3n) is 3.99. The van der Waals surface area contributed by atoms with Gasteiger partial charge in [-0.15, -0.1) is 0 Å². The second kappa shape index (κ2) is 9.46. The van der Waals surface area contributed by atoms with E-state index >= 15 is 0 Å².